The van der Waals surface area contributed by atoms with Crippen molar-refractivity contribution in [2.75, 3.05) is 18.5 Å². The molecule has 21 heavy (non-hydrogen) atoms. The quantitative estimate of drug-likeness (QED) is 0.916. The second kappa shape index (κ2) is 6.31. The van der Waals surface area contributed by atoms with Gasteiger partial charge in [-0.2, -0.15) is 0 Å². The Morgan fingerprint density at radius 3 is 2.14 bits per heavy atom. The fourth-order valence-electron chi connectivity index (χ4n) is 2.98. The molecule has 2 aromatic carbocycles. The summed E-state index contributed by atoms with van der Waals surface area (Å²) in [4.78, 5) is 2.30. The van der Waals surface area contributed by atoms with Crippen molar-refractivity contribution in [3.05, 3.63) is 64.2 Å². The van der Waals surface area contributed by atoms with Gasteiger partial charge in [0.25, 0.3) is 0 Å². The van der Waals surface area contributed by atoms with Crippen LogP contribution in [-0.4, -0.2) is 13.6 Å². The van der Waals surface area contributed by atoms with E-state index in [0.717, 1.165) is 0 Å². The molecule has 2 heteroatoms. The lowest BCUT2D eigenvalue weighted by Gasteiger charge is -2.32. The van der Waals surface area contributed by atoms with Crippen LogP contribution >= 0.6 is 0 Å². The van der Waals surface area contributed by atoms with Gasteiger partial charge in [-0.3, -0.25) is 0 Å². The maximum atomic E-state index is 6.10. The fourth-order valence-corrected chi connectivity index (χ4v) is 2.98. The van der Waals surface area contributed by atoms with Crippen LogP contribution in [-0.2, 0) is 0 Å². The molecular formula is C19H26N2. The zero-order chi connectivity index (χ0) is 15.6. The SMILES string of the molecule is Cc1ccc(N(C)C(CN)c2cc(C)ccc2C)c(C)c1. The van der Waals surface area contributed by atoms with Gasteiger partial charge in [0.2, 0.25) is 0 Å². The maximum absolute atomic E-state index is 6.10. The fraction of sp³-hybridized carbons (Fsp3) is 0.368. The molecule has 2 aromatic rings. The molecule has 2 N–H and O–H groups in total. The first-order valence-corrected chi connectivity index (χ1v) is 7.51. The highest BCUT2D eigenvalue weighted by atomic mass is 15.1. The third kappa shape index (κ3) is 3.27. The molecule has 0 bridgehead atoms. The Bertz CT molecular complexity index is 631. The van der Waals surface area contributed by atoms with Gasteiger partial charge < -0.3 is 10.6 Å². The minimum absolute atomic E-state index is 0.200. The number of hydrogen-bond acceptors (Lipinski definition) is 2. The Hall–Kier alpha value is -1.80. The Morgan fingerprint density at radius 1 is 0.905 bits per heavy atom. The zero-order valence-electron chi connectivity index (χ0n) is 13.8. The second-order valence-electron chi connectivity index (χ2n) is 6.01. The van der Waals surface area contributed by atoms with E-state index in [4.69, 9.17) is 5.73 Å². The molecule has 2 rings (SSSR count). The minimum atomic E-state index is 0.200. The minimum Gasteiger partial charge on any atom is -0.366 e. The first-order valence-electron chi connectivity index (χ1n) is 7.51. The molecule has 0 aromatic heterocycles. The third-order valence-corrected chi connectivity index (χ3v) is 4.22. The van der Waals surface area contributed by atoms with Crippen LogP contribution < -0.4 is 10.6 Å². The van der Waals surface area contributed by atoms with Crippen molar-refractivity contribution in [1.29, 1.82) is 0 Å². The standard InChI is InChI=1S/C19H26N2/c1-13-7-9-18(16(4)10-13)21(5)19(12-20)17-11-14(2)6-8-15(17)3/h6-11,19H,12,20H2,1-5H3. The maximum Gasteiger partial charge on any atom is 0.0664 e. The second-order valence-corrected chi connectivity index (χ2v) is 6.01. The lowest BCUT2D eigenvalue weighted by molar-refractivity contribution is 0.674. The van der Waals surface area contributed by atoms with Crippen molar-refractivity contribution >= 4 is 5.69 Å². The summed E-state index contributed by atoms with van der Waals surface area (Å²) in [5.74, 6) is 0. The predicted octanol–water partition coefficient (Wildman–Crippen LogP) is 4.06. The van der Waals surface area contributed by atoms with Crippen molar-refractivity contribution in [2.45, 2.75) is 33.7 Å². The largest absolute Gasteiger partial charge is 0.366 e. The predicted molar refractivity (Wildman–Crippen MR) is 92.0 cm³/mol. The molecule has 0 spiro atoms. The highest BCUT2D eigenvalue weighted by Gasteiger charge is 2.19. The summed E-state index contributed by atoms with van der Waals surface area (Å²) >= 11 is 0. The Labute approximate surface area is 128 Å². The van der Waals surface area contributed by atoms with Crippen LogP contribution in [0.15, 0.2) is 36.4 Å². The molecule has 112 valence electrons. The molecule has 0 amide bonds. The van der Waals surface area contributed by atoms with Crippen LogP contribution in [0.1, 0.15) is 33.9 Å². The third-order valence-electron chi connectivity index (χ3n) is 4.22. The summed E-state index contributed by atoms with van der Waals surface area (Å²) < 4.78 is 0. The van der Waals surface area contributed by atoms with E-state index in [9.17, 15) is 0 Å². The summed E-state index contributed by atoms with van der Waals surface area (Å²) in [5.41, 5.74) is 13.8. The number of aryl methyl sites for hydroxylation is 4. The number of nitrogens with zero attached hydrogens (tertiary/aromatic N) is 1. The number of benzene rings is 2. The van der Waals surface area contributed by atoms with Gasteiger partial charge in [0.15, 0.2) is 0 Å². The van der Waals surface area contributed by atoms with Gasteiger partial charge in [-0.05, 0) is 50.5 Å². The van der Waals surface area contributed by atoms with E-state index in [-0.39, 0.29) is 6.04 Å². The van der Waals surface area contributed by atoms with Gasteiger partial charge in [-0.1, -0.05) is 41.5 Å². The van der Waals surface area contributed by atoms with Gasteiger partial charge in [0.1, 0.15) is 0 Å². The molecule has 2 nitrogen and oxygen atoms in total. The molecule has 0 saturated carbocycles. The smallest absolute Gasteiger partial charge is 0.0664 e. The van der Waals surface area contributed by atoms with Crippen LogP contribution in [0.4, 0.5) is 5.69 Å². The van der Waals surface area contributed by atoms with E-state index in [1.807, 2.05) is 0 Å². The average molecular weight is 282 g/mol. The monoisotopic (exact) mass is 282 g/mol. The molecule has 0 aliphatic rings. The van der Waals surface area contributed by atoms with Crippen molar-refractivity contribution in [1.82, 2.24) is 0 Å². The molecule has 0 fully saturated rings. The van der Waals surface area contributed by atoms with Crippen LogP contribution in [0.2, 0.25) is 0 Å². The molecule has 1 atom stereocenters. The van der Waals surface area contributed by atoms with Crippen LogP contribution in [0, 0.1) is 27.7 Å². The first kappa shape index (κ1) is 15.6. The summed E-state index contributed by atoms with van der Waals surface area (Å²) in [6.07, 6.45) is 0. The zero-order valence-corrected chi connectivity index (χ0v) is 13.8. The van der Waals surface area contributed by atoms with Gasteiger partial charge in [0.05, 0.1) is 6.04 Å². The Kier molecular flexibility index (Phi) is 4.69. The number of rotatable bonds is 4. The number of hydrogen-bond donors (Lipinski definition) is 1. The molecule has 0 heterocycles. The first-order chi connectivity index (χ1) is 9.93. The van der Waals surface area contributed by atoms with E-state index in [2.05, 4.69) is 76.0 Å². The van der Waals surface area contributed by atoms with Crippen molar-refractivity contribution < 1.29 is 0 Å². The van der Waals surface area contributed by atoms with E-state index in [1.165, 1.54) is 33.5 Å². The van der Waals surface area contributed by atoms with Crippen molar-refractivity contribution in [2.24, 2.45) is 5.73 Å². The number of nitrogens with two attached hydrogens (primary N) is 1. The van der Waals surface area contributed by atoms with Crippen molar-refractivity contribution in [3.63, 3.8) is 0 Å². The normalized spacial score (nSPS) is 12.3. The highest BCUT2D eigenvalue weighted by Crippen LogP contribution is 2.30. The molecule has 1 unspecified atom stereocenters. The molecule has 0 aliphatic heterocycles. The van der Waals surface area contributed by atoms with E-state index in [1.54, 1.807) is 0 Å². The van der Waals surface area contributed by atoms with E-state index < -0.39 is 0 Å². The van der Waals surface area contributed by atoms with Gasteiger partial charge >= 0.3 is 0 Å². The molecule has 0 saturated heterocycles. The van der Waals surface area contributed by atoms with Crippen LogP contribution in [0.3, 0.4) is 0 Å². The summed E-state index contributed by atoms with van der Waals surface area (Å²) in [6.45, 7) is 9.19. The van der Waals surface area contributed by atoms with Gasteiger partial charge in [-0.25, -0.2) is 0 Å². The van der Waals surface area contributed by atoms with E-state index in [0.29, 0.717) is 6.54 Å². The topological polar surface area (TPSA) is 29.3 Å². The Morgan fingerprint density at radius 2 is 1.52 bits per heavy atom. The molecular weight excluding hydrogens is 256 g/mol. The average Bonchev–Trinajstić information content (AvgIpc) is 2.43. The summed E-state index contributed by atoms with van der Waals surface area (Å²) in [6, 6.07) is 13.4. The summed E-state index contributed by atoms with van der Waals surface area (Å²) in [7, 11) is 2.14. The summed E-state index contributed by atoms with van der Waals surface area (Å²) in [5, 5.41) is 0. The Balaban J connectivity index is 2.43. The lowest BCUT2D eigenvalue weighted by atomic mass is 9.97. The lowest BCUT2D eigenvalue weighted by Crippen LogP contribution is -2.31. The molecule has 0 radical (unpaired) electrons. The highest BCUT2D eigenvalue weighted by molar-refractivity contribution is 5.56. The van der Waals surface area contributed by atoms with Crippen LogP contribution in [0.5, 0.6) is 0 Å². The number of likely N-dealkylation sites (N-methyl/N-ethyl adjacent to an activating group) is 1. The van der Waals surface area contributed by atoms with Gasteiger partial charge in [0, 0.05) is 19.3 Å². The van der Waals surface area contributed by atoms with Gasteiger partial charge in [-0.15, -0.1) is 0 Å². The molecule has 0 aliphatic carbocycles. The number of anilines is 1. The van der Waals surface area contributed by atoms with E-state index >= 15 is 0 Å². The van der Waals surface area contributed by atoms with Crippen LogP contribution in [0.25, 0.3) is 0 Å². The van der Waals surface area contributed by atoms with Crippen molar-refractivity contribution in [3.8, 4) is 0 Å².